The van der Waals surface area contributed by atoms with Crippen LogP contribution in [0.3, 0.4) is 0 Å². The van der Waals surface area contributed by atoms with Crippen LogP contribution in [-0.4, -0.2) is 38.2 Å². The first kappa shape index (κ1) is 9.79. The number of carbonyl (C=O) groups excluding carboxylic acids is 2. The SMILES string of the molecule is NC(=O)OCCNC(=O)C1CNC1. The molecule has 1 rings (SSSR count). The van der Waals surface area contributed by atoms with Crippen LogP contribution in [-0.2, 0) is 9.53 Å². The number of primary amides is 1. The van der Waals surface area contributed by atoms with Gasteiger partial charge in [-0.1, -0.05) is 0 Å². The average molecular weight is 187 g/mol. The van der Waals surface area contributed by atoms with Crippen molar-refractivity contribution in [3.8, 4) is 0 Å². The summed E-state index contributed by atoms with van der Waals surface area (Å²) in [6, 6.07) is 0. The number of hydrogen-bond acceptors (Lipinski definition) is 4. The molecule has 0 aliphatic carbocycles. The molecule has 1 heterocycles. The van der Waals surface area contributed by atoms with Crippen LogP contribution >= 0.6 is 0 Å². The Kier molecular flexibility index (Phi) is 3.51. The van der Waals surface area contributed by atoms with Crippen molar-refractivity contribution in [2.24, 2.45) is 11.7 Å². The molecule has 0 atom stereocenters. The number of nitrogens with one attached hydrogen (secondary N) is 2. The van der Waals surface area contributed by atoms with Crippen LogP contribution in [0.4, 0.5) is 4.79 Å². The highest BCUT2D eigenvalue weighted by atomic mass is 16.5. The van der Waals surface area contributed by atoms with E-state index >= 15 is 0 Å². The number of amides is 2. The van der Waals surface area contributed by atoms with Gasteiger partial charge in [0.05, 0.1) is 12.5 Å². The molecule has 0 bridgehead atoms. The molecule has 0 radical (unpaired) electrons. The summed E-state index contributed by atoms with van der Waals surface area (Å²) < 4.78 is 4.43. The van der Waals surface area contributed by atoms with Gasteiger partial charge in [0.2, 0.25) is 5.91 Å². The quantitative estimate of drug-likeness (QED) is 0.463. The van der Waals surface area contributed by atoms with Crippen molar-refractivity contribution in [2.45, 2.75) is 0 Å². The number of carbonyl (C=O) groups is 2. The van der Waals surface area contributed by atoms with Gasteiger partial charge >= 0.3 is 6.09 Å². The van der Waals surface area contributed by atoms with Gasteiger partial charge in [-0.3, -0.25) is 4.79 Å². The number of nitrogens with two attached hydrogens (primary N) is 1. The molecule has 74 valence electrons. The predicted molar refractivity (Wildman–Crippen MR) is 44.9 cm³/mol. The third-order valence-electron chi connectivity index (χ3n) is 1.80. The van der Waals surface area contributed by atoms with Gasteiger partial charge in [0.1, 0.15) is 6.61 Å². The van der Waals surface area contributed by atoms with Crippen molar-refractivity contribution in [2.75, 3.05) is 26.2 Å². The fourth-order valence-corrected chi connectivity index (χ4v) is 0.944. The molecule has 1 saturated heterocycles. The summed E-state index contributed by atoms with van der Waals surface area (Å²) in [4.78, 5) is 21.3. The number of rotatable bonds is 4. The maximum atomic E-state index is 11.1. The summed E-state index contributed by atoms with van der Waals surface area (Å²) in [5.41, 5.74) is 4.72. The minimum absolute atomic E-state index is 0.00757. The standard InChI is InChI=1S/C7H13N3O3/c8-7(12)13-2-1-10-6(11)5-3-9-4-5/h5,9H,1-4H2,(H2,8,12)(H,10,11). The van der Waals surface area contributed by atoms with Gasteiger partial charge in [-0.15, -0.1) is 0 Å². The first-order chi connectivity index (χ1) is 6.20. The molecule has 2 amide bonds. The molecular weight excluding hydrogens is 174 g/mol. The van der Waals surface area contributed by atoms with Crippen LogP contribution in [0, 0.1) is 5.92 Å². The van der Waals surface area contributed by atoms with E-state index in [4.69, 9.17) is 5.73 Å². The second kappa shape index (κ2) is 4.66. The van der Waals surface area contributed by atoms with Gasteiger partial charge < -0.3 is 21.1 Å². The van der Waals surface area contributed by atoms with Crippen molar-refractivity contribution in [1.29, 1.82) is 0 Å². The zero-order valence-electron chi connectivity index (χ0n) is 7.21. The van der Waals surface area contributed by atoms with Gasteiger partial charge in [-0.2, -0.15) is 0 Å². The zero-order valence-corrected chi connectivity index (χ0v) is 7.21. The maximum Gasteiger partial charge on any atom is 0.404 e. The lowest BCUT2D eigenvalue weighted by molar-refractivity contribution is -0.126. The Labute approximate surface area is 75.8 Å². The summed E-state index contributed by atoms with van der Waals surface area (Å²) >= 11 is 0. The third kappa shape index (κ3) is 3.29. The first-order valence-electron chi connectivity index (χ1n) is 4.11. The highest BCUT2D eigenvalue weighted by Crippen LogP contribution is 2.01. The Balaban J connectivity index is 1.98. The van der Waals surface area contributed by atoms with Gasteiger partial charge in [-0.05, 0) is 0 Å². The Bertz CT molecular complexity index is 203. The van der Waals surface area contributed by atoms with E-state index in [1.165, 1.54) is 0 Å². The van der Waals surface area contributed by atoms with Crippen LogP contribution < -0.4 is 16.4 Å². The largest absolute Gasteiger partial charge is 0.448 e. The minimum atomic E-state index is -0.820. The van der Waals surface area contributed by atoms with Gasteiger partial charge in [0, 0.05) is 13.1 Å². The third-order valence-corrected chi connectivity index (χ3v) is 1.80. The van der Waals surface area contributed by atoms with E-state index in [0.717, 1.165) is 13.1 Å². The topological polar surface area (TPSA) is 93.5 Å². The van der Waals surface area contributed by atoms with Crippen molar-refractivity contribution < 1.29 is 14.3 Å². The molecule has 13 heavy (non-hydrogen) atoms. The molecule has 1 aliphatic heterocycles. The number of ether oxygens (including phenoxy) is 1. The van der Waals surface area contributed by atoms with Gasteiger partial charge in [-0.25, -0.2) is 4.79 Å². The molecule has 1 fully saturated rings. The number of hydrogen-bond donors (Lipinski definition) is 3. The smallest absolute Gasteiger partial charge is 0.404 e. The molecule has 0 aromatic heterocycles. The van der Waals surface area contributed by atoms with E-state index in [-0.39, 0.29) is 18.4 Å². The van der Waals surface area contributed by atoms with Crippen LogP contribution in [0.25, 0.3) is 0 Å². The lowest BCUT2D eigenvalue weighted by atomic mass is 10.0. The van der Waals surface area contributed by atoms with E-state index in [2.05, 4.69) is 15.4 Å². The molecule has 1 aliphatic rings. The Morgan fingerprint density at radius 1 is 1.54 bits per heavy atom. The van der Waals surface area contributed by atoms with E-state index < -0.39 is 6.09 Å². The highest BCUT2D eigenvalue weighted by molar-refractivity contribution is 5.80. The van der Waals surface area contributed by atoms with Gasteiger partial charge in [0.25, 0.3) is 0 Å². The van der Waals surface area contributed by atoms with E-state index in [1.807, 2.05) is 0 Å². The lowest BCUT2D eigenvalue weighted by Gasteiger charge is -2.25. The molecule has 0 aromatic rings. The van der Waals surface area contributed by atoms with Crippen LogP contribution in [0.5, 0.6) is 0 Å². The summed E-state index contributed by atoms with van der Waals surface area (Å²) in [5, 5.41) is 5.61. The van der Waals surface area contributed by atoms with Crippen molar-refractivity contribution in [1.82, 2.24) is 10.6 Å². The van der Waals surface area contributed by atoms with E-state index in [9.17, 15) is 9.59 Å². The predicted octanol–water partition coefficient (Wildman–Crippen LogP) is -1.58. The zero-order chi connectivity index (χ0) is 9.68. The highest BCUT2D eigenvalue weighted by Gasteiger charge is 2.24. The van der Waals surface area contributed by atoms with Crippen molar-refractivity contribution in [3.63, 3.8) is 0 Å². The van der Waals surface area contributed by atoms with E-state index in [1.54, 1.807) is 0 Å². The average Bonchev–Trinajstić information content (AvgIpc) is 1.94. The molecule has 4 N–H and O–H groups in total. The molecule has 0 aromatic carbocycles. The first-order valence-corrected chi connectivity index (χ1v) is 4.11. The molecule has 0 spiro atoms. The monoisotopic (exact) mass is 187 g/mol. The maximum absolute atomic E-state index is 11.1. The minimum Gasteiger partial charge on any atom is -0.448 e. The van der Waals surface area contributed by atoms with Crippen molar-refractivity contribution >= 4 is 12.0 Å². The van der Waals surface area contributed by atoms with Gasteiger partial charge in [0.15, 0.2) is 0 Å². The van der Waals surface area contributed by atoms with Crippen LogP contribution in [0.15, 0.2) is 0 Å². The second-order valence-corrected chi connectivity index (χ2v) is 2.81. The second-order valence-electron chi connectivity index (χ2n) is 2.81. The van der Waals surface area contributed by atoms with E-state index in [0.29, 0.717) is 6.54 Å². The Hall–Kier alpha value is -1.30. The Morgan fingerprint density at radius 3 is 2.69 bits per heavy atom. The van der Waals surface area contributed by atoms with Crippen molar-refractivity contribution in [3.05, 3.63) is 0 Å². The normalized spacial score (nSPS) is 16.0. The molecule has 6 heteroatoms. The lowest BCUT2D eigenvalue weighted by Crippen LogP contribution is -2.51. The summed E-state index contributed by atoms with van der Waals surface area (Å²) in [6.45, 7) is 1.89. The summed E-state index contributed by atoms with van der Waals surface area (Å²) in [5.74, 6) is 0.0559. The van der Waals surface area contributed by atoms with Crippen LogP contribution in [0.2, 0.25) is 0 Å². The fraction of sp³-hybridized carbons (Fsp3) is 0.714. The summed E-state index contributed by atoms with van der Waals surface area (Å²) in [7, 11) is 0. The fourth-order valence-electron chi connectivity index (χ4n) is 0.944. The Morgan fingerprint density at radius 2 is 2.23 bits per heavy atom. The molecule has 0 unspecified atom stereocenters. The molecule has 0 saturated carbocycles. The van der Waals surface area contributed by atoms with Crippen LogP contribution in [0.1, 0.15) is 0 Å². The molecule has 6 nitrogen and oxygen atoms in total. The molecular formula is C7H13N3O3. The summed E-state index contributed by atoms with van der Waals surface area (Å²) in [6.07, 6.45) is -0.820.